The van der Waals surface area contributed by atoms with Crippen molar-refractivity contribution in [3.63, 3.8) is 0 Å². The number of amides is 1. The molecule has 0 saturated carbocycles. The number of benzene rings is 1. The van der Waals surface area contributed by atoms with Crippen LogP contribution in [0.3, 0.4) is 0 Å². The highest BCUT2D eigenvalue weighted by atomic mass is 19.4. The number of carbonyl (C=O) groups excluding carboxylic acids is 1. The van der Waals surface area contributed by atoms with Crippen molar-refractivity contribution in [2.45, 2.75) is 39.5 Å². The van der Waals surface area contributed by atoms with E-state index in [1.165, 1.54) is 18.2 Å². The molecule has 0 aromatic heterocycles. The van der Waals surface area contributed by atoms with Crippen molar-refractivity contribution in [2.24, 2.45) is 0 Å². The highest BCUT2D eigenvalue weighted by Crippen LogP contribution is 2.20. The molecule has 1 aromatic rings. The molecule has 0 spiro atoms. The Balaban J connectivity index is 2.42. The zero-order valence-corrected chi connectivity index (χ0v) is 14.5. The van der Waals surface area contributed by atoms with Gasteiger partial charge in [0.1, 0.15) is 0 Å². The van der Waals surface area contributed by atoms with Crippen molar-refractivity contribution < 1.29 is 23.1 Å². The van der Waals surface area contributed by atoms with Crippen LogP contribution in [0.4, 0.5) is 13.2 Å². The average molecular weight is 346 g/mol. The zero-order valence-electron chi connectivity index (χ0n) is 14.5. The SMILES string of the molecule is Cc1cc(C)c(CCNC(=O)CN(C)CC(O)C(F)(F)F)c(C)c1. The van der Waals surface area contributed by atoms with E-state index >= 15 is 0 Å². The molecule has 1 rings (SSSR count). The van der Waals surface area contributed by atoms with Crippen molar-refractivity contribution in [3.05, 3.63) is 34.4 Å². The highest BCUT2D eigenvalue weighted by molar-refractivity contribution is 5.78. The van der Waals surface area contributed by atoms with E-state index in [0.717, 1.165) is 16.0 Å². The maximum absolute atomic E-state index is 12.3. The van der Waals surface area contributed by atoms with Gasteiger partial charge < -0.3 is 10.4 Å². The molecule has 0 bridgehead atoms. The van der Waals surface area contributed by atoms with E-state index in [0.29, 0.717) is 13.0 Å². The van der Waals surface area contributed by atoms with Crippen LogP contribution in [-0.2, 0) is 11.2 Å². The molecule has 1 amide bonds. The lowest BCUT2D eigenvalue weighted by Crippen LogP contribution is -2.43. The molecule has 4 nitrogen and oxygen atoms in total. The van der Waals surface area contributed by atoms with Gasteiger partial charge in [0.25, 0.3) is 0 Å². The van der Waals surface area contributed by atoms with Crippen LogP contribution in [0, 0.1) is 20.8 Å². The van der Waals surface area contributed by atoms with Crippen molar-refractivity contribution in [1.29, 1.82) is 0 Å². The summed E-state index contributed by atoms with van der Waals surface area (Å²) in [6.07, 6.45) is -6.46. The van der Waals surface area contributed by atoms with E-state index in [-0.39, 0.29) is 12.5 Å². The third kappa shape index (κ3) is 6.49. The summed E-state index contributed by atoms with van der Waals surface area (Å²) in [7, 11) is 1.36. The maximum Gasteiger partial charge on any atom is 0.415 e. The summed E-state index contributed by atoms with van der Waals surface area (Å²) in [4.78, 5) is 12.9. The molecular weight excluding hydrogens is 321 g/mol. The predicted octanol–water partition coefficient (Wildman–Crippen LogP) is 2.13. The van der Waals surface area contributed by atoms with Crippen LogP contribution in [-0.4, -0.2) is 54.9 Å². The Labute approximate surface area is 140 Å². The fraction of sp³-hybridized carbons (Fsp3) is 0.588. The standard InChI is InChI=1S/C17H25F3N2O2/c1-11-7-12(2)14(13(3)8-11)5-6-21-16(24)10-22(4)9-15(23)17(18,19)20/h7-8,15,23H,5-6,9-10H2,1-4H3,(H,21,24). The number of halogens is 3. The quantitative estimate of drug-likeness (QED) is 0.795. The number of nitrogens with one attached hydrogen (secondary N) is 1. The molecule has 0 radical (unpaired) electrons. The van der Waals surface area contributed by atoms with Crippen LogP contribution in [0.25, 0.3) is 0 Å². The summed E-state index contributed by atoms with van der Waals surface area (Å²) in [6.45, 7) is 5.65. The van der Waals surface area contributed by atoms with Gasteiger partial charge in [0.2, 0.25) is 5.91 Å². The second-order valence-corrected chi connectivity index (χ2v) is 6.23. The number of rotatable bonds is 7. The summed E-state index contributed by atoms with van der Waals surface area (Å²) in [5, 5.41) is 11.7. The van der Waals surface area contributed by atoms with Gasteiger partial charge in [-0.2, -0.15) is 13.2 Å². The summed E-state index contributed by atoms with van der Waals surface area (Å²) in [5.74, 6) is -0.366. The number of nitrogens with zero attached hydrogens (tertiary/aromatic N) is 1. The minimum absolute atomic E-state index is 0.195. The fourth-order valence-electron chi connectivity index (χ4n) is 2.70. The number of alkyl halides is 3. The van der Waals surface area contributed by atoms with Crippen molar-refractivity contribution in [1.82, 2.24) is 10.2 Å². The number of hydrogen-bond acceptors (Lipinski definition) is 3. The molecule has 2 N–H and O–H groups in total. The molecule has 0 fully saturated rings. The highest BCUT2D eigenvalue weighted by Gasteiger charge is 2.38. The maximum atomic E-state index is 12.3. The minimum Gasteiger partial charge on any atom is -0.382 e. The lowest BCUT2D eigenvalue weighted by Gasteiger charge is -2.21. The van der Waals surface area contributed by atoms with Crippen molar-refractivity contribution in [2.75, 3.05) is 26.7 Å². The van der Waals surface area contributed by atoms with Crippen molar-refractivity contribution in [3.8, 4) is 0 Å². The molecule has 1 aromatic carbocycles. The van der Waals surface area contributed by atoms with Gasteiger partial charge >= 0.3 is 6.18 Å². The van der Waals surface area contributed by atoms with Crippen LogP contribution >= 0.6 is 0 Å². The average Bonchev–Trinajstić information content (AvgIpc) is 2.40. The number of aliphatic hydroxyl groups is 1. The van der Waals surface area contributed by atoms with Gasteiger partial charge in [-0.3, -0.25) is 9.69 Å². The molecule has 0 aliphatic heterocycles. The largest absolute Gasteiger partial charge is 0.415 e. The van der Waals surface area contributed by atoms with E-state index in [2.05, 4.69) is 17.4 Å². The molecule has 0 heterocycles. The third-order valence-corrected chi connectivity index (χ3v) is 3.81. The van der Waals surface area contributed by atoms with Gasteiger partial charge in [-0.25, -0.2) is 0 Å². The molecule has 24 heavy (non-hydrogen) atoms. The van der Waals surface area contributed by atoms with Gasteiger partial charge in [-0.05, 0) is 50.9 Å². The summed E-state index contributed by atoms with van der Waals surface area (Å²) >= 11 is 0. The second-order valence-electron chi connectivity index (χ2n) is 6.23. The number of aliphatic hydroxyl groups excluding tert-OH is 1. The molecular formula is C17H25F3N2O2. The second kappa shape index (κ2) is 8.48. The van der Waals surface area contributed by atoms with Gasteiger partial charge in [-0.15, -0.1) is 0 Å². The van der Waals surface area contributed by atoms with E-state index in [4.69, 9.17) is 5.11 Å². The Morgan fingerprint density at radius 3 is 2.29 bits per heavy atom. The number of hydrogen-bond donors (Lipinski definition) is 2. The Morgan fingerprint density at radius 2 is 1.79 bits per heavy atom. The van der Waals surface area contributed by atoms with E-state index in [1.54, 1.807) is 0 Å². The van der Waals surface area contributed by atoms with Crippen LogP contribution in [0.2, 0.25) is 0 Å². The Bertz CT molecular complexity index is 550. The van der Waals surface area contributed by atoms with Crippen LogP contribution in [0.5, 0.6) is 0 Å². The molecule has 1 unspecified atom stereocenters. The Morgan fingerprint density at radius 1 is 1.25 bits per heavy atom. The monoisotopic (exact) mass is 346 g/mol. The van der Waals surface area contributed by atoms with Gasteiger partial charge in [-0.1, -0.05) is 17.7 Å². The van der Waals surface area contributed by atoms with Crippen LogP contribution in [0.15, 0.2) is 12.1 Å². The Kier molecular flexibility index (Phi) is 7.23. The van der Waals surface area contributed by atoms with E-state index < -0.39 is 18.8 Å². The first kappa shape index (κ1) is 20.4. The molecule has 1 atom stereocenters. The van der Waals surface area contributed by atoms with Gasteiger partial charge in [0, 0.05) is 13.1 Å². The molecule has 136 valence electrons. The summed E-state index contributed by atoms with van der Waals surface area (Å²) in [5.41, 5.74) is 4.67. The van der Waals surface area contributed by atoms with E-state index in [1.807, 2.05) is 20.8 Å². The number of aryl methyl sites for hydroxylation is 3. The number of carbonyl (C=O) groups is 1. The first-order chi connectivity index (χ1) is 11.0. The van der Waals surface area contributed by atoms with Gasteiger partial charge in [0.05, 0.1) is 6.54 Å². The summed E-state index contributed by atoms with van der Waals surface area (Å²) in [6, 6.07) is 4.16. The molecule has 0 aliphatic rings. The molecule has 7 heteroatoms. The molecule has 0 aliphatic carbocycles. The fourth-order valence-corrected chi connectivity index (χ4v) is 2.70. The molecule has 0 saturated heterocycles. The Hall–Kier alpha value is -1.60. The van der Waals surface area contributed by atoms with Crippen LogP contribution in [0.1, 0.15) is 22.3 Å². The topological polar surface area (TPSA) is 52.6 Å². The van der Waals surface area contributed by atoms with Crippen molar-refractivity contribution >= 4 is 5.91 Å². The minimum atomic E-state index is -4.68. The lowest BCUT2D eigenvalue weighted by atomic mass is 9.97. The normalized spacial score (nSPS) is 13.2. The van der Waals surface area contributed by atoms with Gasteiger partial charge in [0.15, 0.2) is 6.10 Å². The third-order valence-electron chi connectivity index (χ3n) is 3.81. The summed E-state index contributed by atoms with van der Waals surface area (Å²) < 4.78 is 36.8. The van der Waals surface area contributed by atoms with Crippen LogP contribution < -0.4 is 5.32 Å². The number of likely N-dealkylation sites (N-methyl/N-ethyl adjacent to an activating group) is 1. The predicted molar refractivity (Wildman–Crippen MR) is 86.9 cm³/mol. The first-order valence-corrected chi connectivity index (χ1v) is 7.77. The van der Waals surface area contributed by atoms with E-state index in [9.17, 15) is 18.0 Å². The first-order valence-electron chi connectivity index (χ1n) is 7.77. The zero-order chi connectivity index (χ0) is 18.5. The lowest BCUT2D eigenvalue weighted by molar-refractivity contribution is -0.207. The smallest absolute Gasteiger partial charge is 0.382 e.